The van der Waals surface area contributed by atoms with Crippen LogP contribution in [0.5, 0.6) is 0 Å². The molecular formula is C38H62N4O27. The molecule has 0 unspecified atom stereocenters. The first-order chi connectivity index (χ1) is 32.1. The molecule has 0 aromatic rings. The minimum atomic E-state index is -3.21. The van der Waals surface area contributed by atoms with Crippen molar-refractivity contribution in [3.05, 3.63) is 0 Å². The van der Waals surface area contributed by atoms with Crippen molar-refractivity contribution in [1.82, 2.24) is 21.3 Å². The Balaban J connectivity index is 1.67. The molecule has 31 nitrogen and oxygen atoms in total. The maximum absolute atomic E-state index is 13.1. The lowest BCUT2D eigenvalue weighted by Gasteiger charge is -2.51. The molecule has 4 aliphatic heterocycles. The normalized spacial score (nSPS) is 40.0. The van der Waals surface area contributed by atoms with Crippen LogP contribution < -0.4 is 21.3 Å². The number of carboxylic acids is 2. The highest BCUT2D eigenvalue weighted by Gasteiger charge is 2.61. The van der Waals surface area contributed by atoms with E-state index >= 15 is 0 Å². The molecule has 0 aromatic carbocycles. The molecule has 0 saturated carbocycles. The Morgan fingerprint density at radius 2 is 1.10 bits per heavy atom. The average Bonchev–Trinajstić information content (AvgIpc) is 3.27. The fourth-order valence-electron chi connectivity index (χ4n) is 8.30. The van der Waals surface area contributed by atoms with Crippen molar-refractivity contribution in [2.45, 2.75) is 174 Å². The summed E-state index contributed by atoms with van der Waals surface area (Å²) in [4.78, 5) is 73.7. The van der Waals surface area contributed by atoms with Crippen molar-refractivity contribution in [3.63, 3.8) is 0 Å². The molecule has 4 rings (SSSR count). The van der Waals surface area contributed by atoms with Crippen LogP contribution in [0, 0.1) is 0 Å². The van der Waals surface area contributed by atoms with Crippen LogP contribution in [-0.2, 0) is 61.9 Å². The lowest BCUT2D eigenvalue weighted by atomic mass is 9.88. The van der Waals surface area contributed by atoms with Gasteiger partial charge in [-0.3, -0.25) is 19.2 Å². The highest BCUT2D eigenvalue weighted by atomic mass is 16.8. The van der Waals surface area contributed by atoms with Gasteiger partial charge in [0.1, 0.15) is 79.3 Å². The summed E-state index contributed by atoms with van der Waals surface area (Å²) in [6.07, 6.45) is -38.0. The summed E-state index contributed by atoms with van der Waals surface area (Å²) in [5.41, 5.74) is 0. The van der Waals surface area contributed by atoms with Crippen LogP contribution in [-0.4, -0.2) is 267 Å². The first-order valence-corrected chi connectivity index (χ1v) is 21.3. The molecule has 31 heteroatoms. The summed E-state index contributed by atoms with van der Waals surface area (Å²) in [7, 11) is 0. The van der Waals surface area contributed by atoms with Crippen LogP contribution in [0.25, 0.3) is 0 Å². The molecule has 0 aromatic heterocycles. The lowest BCUT2D eigenvalue weighted by molar-refractivity contribution is -0.381. The highest BCUT2D eigenvalue weighted by Crippen LogP contribution is 2.39. The summed E-state index contributed by atoms with van der Waals surface area (Å²) >= 11 is 0. The van der Waals surface area contributed by atoms with E-state index in [4.69, 9.17) is 33.2 Å². The average molecular weight is 1010 g/mol. The maximum Gasteiger partial charge on any atom is 0.364 e. The number of aliphatic carboxylic acids is 2. The minimum Gasteiger partial charge on any atom is -0.477 e. The van der Waals surface area contributed by atoms with Crippen LogP contribution in [0.3, 0.4) is 0 Å². The predicted molar refractivity (Wildman–Crippen MR) is 215 cm³/mol. The number of ether oxygens (including phenoxy) is 7. The van der Waals surface area contributed by atoms with Crippen LogP contribution in [0.15, 0.2) is 0 Å². The molecule has 0 spiro atoms. The third-order valence-corrected chi connectivity index (χ3v) is 11.7. The summed E-state index contributed by atoms with van der Waals surface area (Å²) < 4.78 is 39.3. The summed E-state index contributed by atoms with van der Waals surface area (Å²) in [5, 5.41) is 160. The van der Waals surface area contributed by atoms with E-state index in [1.165, 1.54) is 0 Å². The van der Waals surface area contributed by atoms with Gasteiger partial charge in [0.15, 0.2) is 12.6 Å². The zero-order chi connectivity index (χ0) is 52.0. The van der Waals surface area contributed by atoms with E-state index in [0.717, 1.165) is 27.7 Å². The van der Waals surface area contributed by atoms with Gasteiger partial charge < -0.3 is 126 Å². The van der Waals surface area contributed by atoms with E-state index in [-0.39, 0.29) is 0 Å². The molecule has 0 bridgehead atoms. The Morgan fingerprint density at radius 3 is 1.58 bits per heavy atom. The fourth-order valence-corrected chi connectivity index (χ4v) is 8.30. The smallest absolute Gasteiger partial charge is 0.364 e. The van der Waals surface area contributed by atoms with Crippen LogP contribution in [0.1, 0.15) is 40.5 Å². The molecule has 4 amide bonds. The fraction of sp³-hybridized carbons (Fsp3) is 0.842. The van der Waals surface area contributed by atoms with Crippen LogP contribution >= 0.6 is 0 Å². The highest BCUT2D eigenvalue weighted by molar-refractivity contribution is 5.77. The van der Waals surface area contributed by atoms with E-state index in [9.17, 15) is 100 Å². The second-order valence-electron chi connectivity index (χ2n) is 17.0. The second-order valence-corrected chi connectivity index (χ2v) is 17.0. The Hall–Kier alpha value is -3.94. The van der Waals surface area contributed by atoms with Gasteiger partial charge in [0.05, 0.1) is 50.2 Å². The van der Waals surface area contributed by atoms with Gasteiger partial charge in [0.25, 0.3) is 11.6 Å². The van der Waals surface area contributed by atoms with Gasteiger partial charge in [-0.2, -0.15) is 0 Å². The summed E-state index contributed by atoms with van der Waals surface area (Å²) in [6, 6.07) is -5.09. The maximum atomic E-state index is 13.1. The van der Waals surface area contributed by atoms with Crippen molar-refractivity contribution in [3.8, 4) is 0 Å². The number of rotatable bonds is 20. The standard InChI is InChI=1S/C38H62N4O27/c1-11(45)39-7-17(51)24(53)30-22(41-13(3)47)16(50)6-38(68-30,36(61)62)69-32-26(55)19(9-44)65-34(28(32)57)66-29-23(42-14(4)48)33(58)64-20(27(29)56)10-63-37(35(59)60)5-15(49)21(40-12(2)46)31(67-37)25(54)18(52)8-43/h15-34,43-44,49-58H,5-10H2,1-4H3,(H,39,45)(H,40,46)(H,41,47)(H,42,48)(H,59,60)(H,61,62)/t15-,16-,17+,18+,19+,20+,21+,22+,23+,24+,25+,26-,27-,28+,29+,30+,31+,32-,33-,34-,37+,38-/m0/s1. The van der Waals surface area contributed by atoms with Crippen molar-refractivity contribution >= 4 is 35.6 Å². The zero-order valence-electron chi connectivity index (χ0n) is 37.4. The number of amides is 4. The van der Waals surface area contributed by atoms with Gasteiger partial charge in [-0.15, -0.1) is 0 Å². The Morgan fingerprint density at radius 1 is 0.623 bits per heavy atom. The molecule has 4 heterocycles. The minimum absolute atomic E-state index is 0.646. The molecule has 18 N–H and O–H groups in total. The molecule has 396 valence electrons. The number of aliphatic hydroxyl groups excluding tert-OH is 12. The lowest BCUT2D eigenvalue weighted by Crippen LogP contribution is -2.71. The number of carbonyl (C=O) groups is 6. The van der Waals surface area contributed by atoms with Gasteiger partial charge in [-0.25, -0.2) is 9.59 Å². The predicted octanol–water partition coefficient (Wildman–Crippen LogP) is -10.8. The first kappa shape index (κ1) is 57.6. The third-order valence-electron chi connectivity index (χ3n) is 11.7. The van der Waals surface area contributed by atoms with E-state index in [0.29, 0.717) is 0 Å². The molecule has 69 heavy (non-hydrogen) atoms. The molecule has 4 fully saturated rings. The van der Waals surface area contributed by atoms with Crippen molar-refractivity contribution < 1.29 is 133 Å². The Bertz CT molecular complexity index is 1800. The van der Waals surface area contributed by atoms with E-state index in [2.05, 4.69) is 21.3 Å². The van der Waals surface area contributed by atoms with Crippen molar-refractivity contribution in [1.29, 1.82) is 0 Å². The van der Waals surface area contributed by atoms with E-state index in [1.807, 2.05) is 0 Å². The Labute approximate surface area is 390 Å². The second kappa shape index (κ2) is 24.0. The third kappa shape index (κ3) is 13.3. The topological polar surface area (TPSA) is 498 Å². The van der Waals surface area contributed by atoms with Crippen molar-refractivity contribution in [2.24, 2.45) is 0 Å². The number of aliphatic hydroxyl groups is 12. The summed E-state index contributed by atoms with van der Waals surface area (Å²) in [6.45, 7) is 0.0143. The molecule has 22 atom stereocenters. The largest absolute Gasteiger partial charge is 0.477 e. The van der Waals surface area contributed by atoms with Gasteiger partial charge in [-0.05, 0) is 0 Å². The van der Waals surface area contributed by atoms with Crippen LogP contribution in [0.2, 0.25) is 0 Å². The van der Waals surface area contributed by atoms with E-state index in [1.54, 1.807) is 0 Å². The number of hydrogen-bond acceptors (Lipinski definition) is 25. The van der Waals surface area contributed by atoms with Gasteiger partial charge >= 0.3 is 11.9 Å². The number of carbonyl (C=O) groups excluding carboxylic acids is 4. The zero-order valence-corrected chi connectivity index (χ0v) is 37.4. The quantitative estimate of drug-likeness (QED) is 0.0538. The van der Waals surface area contributed by atoms with Crippen LogP contribution in [0.4, 0.5) is 0 Å². The summed E-state index contributed by atoms with van der Waals surface area (Å²) in [5.74, 6) is -13.4. The van der Waals surface area contributed by atoms with Crippen molar-refractivity contribution in [2.75, 3.05) is 26.4 Å². The molecule has 0 radical (unpaired) electrons. The monoisotopic (exact) mass is 1010 g/mol. The van der Waals surface area contributed by atoms with Gasteiger partial charge in [-0.1, -0.05) is 0 Å². The molecule has 0 aliphatic carbocycles. The first-order valence-electron chi connectivity index (χ1n) is 21.3. The molecular weight excluding hydrogens is 944 g/mol. The molecule has 4 saturated heterocycles. The number of nitrogens with one attached hydrogen (secondary N) is 4. The van der Waals surface area contributed by atoms with Gasteiger partial charge in [0, 0.05) is 47.1 Å². The number of carboxylic acid groups (broad SMARTS) is 2. The molecule has 4 aliphatic rings. The van der Waals surface area contributed by atoms with Gasteiger partial charge in [0.2, 0.25) is 23.6 Å². The SMILES string of the molecule is CC(=O)NC[C@@H](O)[C@@H](O)[C@@H]1O[C@@](O[C@H]2[C@@H](O)[C@@H](CO)O[C@@H](O[C@H]3[C@@H](O)[C@@H](CO[C@]4(C(=O)O)C[C@H](O)[C@@H](NC(C)=O)[C@H]([C@H](O)[C@H](O)CO)O4)O[C@H](O)[C@@H]3NC(C)=O)[C@@H]2O)(C(=O)O)C[C@H](O)[C@H]1NC(C)=O. The number of hydrogen-bond donors (Lipinski definition) is 18. The van der Waals surface area contributed by atoms with E-state index < -0.39 is 209 Å². The Kier molecular flexibility index (Phi) is 20.0.